The average Bonchev–Trinajstić information content (AvgIpc) is 2.92. The second-order valence-electron chi connectivity index (χ2n) is 7.46. The van der Waals surface area contributed by atoms with Crippen LogP contribution < -0.4 is 10.6 Å². The maximum atomic E-state index is 12.0. The lowest BCUT2D eigenvalue weighted by atomic mass is 10.0. The largest absolute Gasteiger partial charge is 0.452 e. The van der Waals surface area contributed by atoms with Gasteiger partial charge in [0.05, 0.1) is 6.42 Å². The first-order chi connectivity index (χ1) is 11.6. The Kier molecular flexibility index (Phi) is 5.82. The summed E-state index contributed by atoms with van der Waals surface area (Å²) < 4.78 is 5.14. The minimum atomic E-state index is -1.03. The van der Waals surface area contributed by atoms with Crippen LogP contribution >= 0.6 is 0 Å². The lowest BCUT2D eigenvalue weighted by molar-refractivity contribution is -0.153. The molecular weight excluding hydrogens is 320 g/mol. The number of benzene rings is 1. The van der Waals surface area contributed by atoms with Gasteiger partial charge < -0.3 is 10.1 Å². The van der Waals surface area contributed by atoms with E-state index in [-0.39, 0.29) is 6.42 Å². The molecule has 0 saturated heterocycles. The van der Waals surface area contributed by atoms with Crippen LogP contribution in [0.2, 0.25) is 0 Å². The highest BCUT2D eigenvalue weighted by Gasteiger charge is 2.22. The maximum absolute atomic E-state index is 12.0. The van der Waals surface area contributed by atoms with Crippen molar-refractivity contribution in [3.05, 3.63) is 34.9 Å². The van der Waals surface area contributed by atoms with E-state index in [0.717, 1.165) is 24.8 Å². The average molecular weight is 346 g/mol. The van der Waals surface area contributed by atoms with Crippen LogP contribution in [0.25, 0.3) is 0 Å². The third-order valence-electron chi connectivity index (χ3n) is 3.91. The van der Waals surface area contributed by atoms with Crippen LogP contribution in [0.4, 0.5) is 4.79 Å². The first kappa shape index (κ1) is 19.0. The van der Waals surface area contributed by atoms with Crippen molar-refractivity contribution in [2.45, 2.75) is 65.0 Å². The molecule has 0 saturated carbocycles. The number of aryl methyl sites for hydroxylation is 2. The fourth-order valence-corrected chi connectivity index (χ4v) is 2.78. The van der Waals surface area contributed by atoms with Crippen LogP contribution in [-0.4, -0.2) is 29.6 Å². The Morgan fingerprint density at radius 2 is 1.84 bits per heavy atom. The van der Waals surface area contributed by atoms with Crippen molar-refractivity contribution in [1.29, 1.82) is 0 Å². The number of hydrogen-bond acceptors (Lipinski definition) is 4. The smallest absolute Gasteiger partial charge is 0.321 e. The van der Waals surface area contributed by atoms with Crippen molar-refractivity contribution in [3.63, 3.8) is 0 Å². The second-order valence-corrected chi connectivity index (χ2v) is 7.46. The number of carbonyl (C=O) groups excluding carboxylic acids is 3. The van der Waals surface area contributed by atoms with Crippen LogP contribution in [0.15, 0.2) is 18.2 Å². The molecule has 0 aromatic heterocycles. The third-order valence-corrected chi connectivity index (χ3v) is 3.91. The van der Waals surface area contributed by atoms with Gasteiger partial charge in [-0.25, -0.2) is 4.79 Å². The Labute approximate surface area is 148 Å². The fourth-order valence-electron chi connectivity index (χ4n) is 2.78. The molecule has 0 bridgehead atoms. The van der Waals surface area contributed by atoms with Crippen LogP contribution in [0.5, 0.6) is 0 Å². The molecule has 6 heteroatoms. The van der Waals surface area contributed by atoms with Crippen LogP contribution in [0.1, 0.15) is 50.8 Å². The molecule has 25 heavy (non-hydrogen) atoms. The molecule has 1 aliphatic rings. The van der Waals surface area contributed by atoms with Gasteiger partial charge in [0.1, 0.15) is 0 Å². The van der Waals surface area contributed by atoms with E-state index in [1.807, 2.05) is 12.1 Å². The number of fused-ring (bicyclic) bond motifs is 1. The molecule has 0 heterocycles. The number of rotatable bonds is 4. The van der Waals surface area contributed by atoms with Crippen molar-refractivity contribution < 1.29 is 19.1 Å². The zero-order valence-electron chi connectivity index (χ0n) is 15.3. The van der Waals surface area contributed by atoms with E-state index >= 15 is 0 Å². The molecule has 0 aliphatic heterocycles. The summed E-state index contributed by atoms with van der Waals surface area (Å²) in [4.78, 5) is 35.6. The molecule has 0 fully saturated rings. The van der Waals surface area contributed by atoms with Gasteiger partial charge >= 0.3 is 12.0 Å². The molecule has 0 radical (unpaired) electrons. The number of carbonyl (C=O) groups is 3. The van der Waals surface area contributed by atoms with Crippen molar-refractivity contribution in [2.24, 2.45) is 0 Å². The maximum Gasteiger partial charge on any atom is 0.321 e. The molecule has 1 aromatic rings. The van der Waals surface area contributed by atoms with Crippen molar-refractivity contribution >= 4 is 17.9 Å². The molecular formula is C19H26N2O4. The van der Waals surface area contributed by atoms with Gasteiger partial charge in [0, 0.05) is 5.54 Å². The SMILES string of the molecule is C[C@@H](OC(=O)Cc1ccc2c(c1)CCC2)C(=O)NC(=O)NC(C)(C)C. The predicted molar refractivity (Wildman–Crippen MR) is 94.2 cm³/mol. The zero-order valence-corrected chi connectivity index (χ0v) is 15.3. The lowest BCUT2D eigenvalue weighted by Crippen LogP contribution is -2.50. The number of esters is 1. The molecule has 1 aromatic carbocycles. The number of nitrogens with one attached hydrogen (secondary N) is 2. The van der Waals surface area contributed by atoms with Gasteiger partial charge in [0.2, 0.25) is 0 Å². The summed E-state index contributed by atoms with van der Waals surface area (Å²) in [6, 6.07) is 5.40. The minimum absolute atomic E-state index is 0.110. The van der Waals surface area contributed by atoms with Gasteiger partial charge in [0.25, 0.3) is 5.91 Å². The highest BCUT2D eigenvalue weighted by molar-refractivity contribution is 5.97. The summed E-state index contributed by atoms with van der Waals surface area (Å²) >= 11 is 0. The molecule has 0 unspecified atom stereocenters. The van der Waals surface area contributed by atoms with Gasteiger partial charge in [-0.1, -0.05) is 18.2 Å². The molecule has 1 aliphatic carbocycles. The topological polar surface area (TPSA) is 84.5 Å². The number of ether oxygens (including phenoxy) is 1. The van der Waals surface area contributed by atoms with Gasteiger partial charge in [-0.3, -0.25) is 14.9 Å². The van der Waals surface area contributed by atoms with Crippen molar-refractivity contribution in [1.82, 2.24) is 10.6 Å². The Morgan fingerprint density at radius 1 is 1.16 bits per heavy atom. The first-order valence-corrected chi connectivity index (χ1v) is 8.57. The fraction of sp³-hybridized carbons (Fsp3) is 0.526. The number of urea groups is 1. The molecule has 2 N–H and O–H groups in total. The summed E-state index contributed by atoms with van der Waals surface area (Å²) in [5.74, 6) is -1.14. The first-order valence-electron chi connectivity index (χ1n) is 8.57. The molecule has 1 atom stereocenters. The van der Waals surface area contributed by atoms with Gasteiger partial charge in [-0.2, -0.15) is 0 Å². The Morgan fingerprint density at radius 3 is 2.52 bits per heavy atom. The summed E-state index contributed by atoms with van der Waals surface area (Å²) in [6.45, 7) is 6.85. The van der Waals surface area contributed by atoms with E-state index < -0.39 is 29.6 Å². The van der Waals surface area contributed by atoms with E-state index in [9.17, 15) is 14.4 Å². The summed E-state index contributed by atoms with van der Waals surface area (Å²) in [5, 5.41) is 4.78. The number of amides is 3. The zero-order chi connectivity index (χ0) is 18.6. The quantitative estimate of drug-likeness (QED) is 0.819. The van der Waals surface area contributed by atoms with Gasteiger partial charge in [-0.15, -0.1) is 0 Å². The Balaban J connectivity index is 1.83. The van der Waals surface area contributed by atoms with Gasteiger partial charge in [0.15, 0.2) is 6.10 Å². The van der Waals surface area contributed by atoms with Crippen LogP contribution in [0, 0.1) is 0 Å². The number of hydrogen-bond donors (Lipinski definition) is 2. The van der Waals surface area contributed by atoms with E-state index in [1.54, 1.807) is 20.8 Å². The van der Waals surface area contributed by atoms with E-state index in [1.165, 1.54) is 18.1 Å². The summed E-state index contributed by atoms with van der Waals surface area (Å²) in [6.07, 6.45) is 2.36. The van der Waals surface area contributed by atoms with Crippen LogP contribution in [-0.2, 0) is 33.6 Å². The Bertz CT molecular complexity index is 676. The third kappa shape index (κ3) is 5.89. The molecule has 3 amide bonds. The van der Waals surface area contributed by atoms with Gasteiger partial charge in [-0.05, 0) is 63.6 Å². The highest BCUT2D eigenvalue weighted by Crippen LogP contribution is 2.23. The molecule has 136 valence electrons. The molecule has 0 spiro atoms. The lowest BCUT2D eigenvalue weighted by Gasteiger charge is -2.21. The van der Waals surface area contributed by atoms with E-state index in [0.29, 0.717) is 0 Å². The molecule has 6 nitrogen and oxygen atoms in total. The standard InChI is InChI=1S/C19H26N2O4/c1-12(17(23)20-18(24)21-19(2,3)4)25-16(22)11-13-8-9-14-6-5-7-15(14)10-13/h8-10,12H,5-7,11H2,1-4H3,(H2,20,21,23,24)/t12-/m1/s1. The van der Waals surface area contributed by atoms with E-state index in [2.05, 4.69) is 16.7 Å². The summed E-state index contributed by atoms with van der Waals surface area (Å²) in [7, 11) is 0. The normalized spacial score (nSPS) is 14.4. The summed E-state index contributed by atoms with van der Waals surface area (Å²) in [5.41, 5.74) is 3.05. The minimum Gasteiger partial charge on any atom is -0.452 e. The van der Waals surface area contributed by atoms with Crippen molar-refractivity contribution in [2.75, 3.05) is 0 Å². The highest BCUT2D eigenvalue weighted by atomic mass is 16.5. The Hall–Kier alpha value is -2.37. The number of imide groups is 1. The van der Waals surface area contributed by atoms with Crippen molar-refractivity contribution in [3.8, 4) is 0 Å². The monoisotopic (exact) mass is 346 g/mol. The predicted octanol–water partition coefficient (Wildman–Crippen LogP) is 2.27. The van der Waals surface area contributed by atoms with E-state index in [4.69, 9.17) is 4.74 Å². The van der Waals surface area contributed by atoms with Crippen LogP contribution in [0.3, 0.4) is 0 Å². The second kappa shape index (κ2) is 7.68. The molecule has 2 rings (SSSR count).